The lowest BCUT2D eigenvalue weighted by atomic mass is 10.2. The Bertz CT molecular complexity index is 501. The number of anilines is 1. The number of alkyl halides is 3. The average Bonchev–Trinajstić information content (AvgIpc) is 2.89. The Hall–Kier alpha value is -1.90. The highest BCUT2D eigenvalue weighted by Crippen LogP contribution is 2.31. The molecule has 0 aliphatic carbocycles. The number of carbonyl (C=O) groups excluding carboxylic acids is 1. The van der Waals surface area contributed by atoms with E-state index in [0.29, 0.717) is 19.6 Å². The van der Waals surface area contributed by atoms with Gasteiger partial charge in [-0.05, 0) is 6.42 Å². The van der Waals surface area contributed by atoms with Crippen LogP contribution in [0.3, 0.4) is 0 Å². The van der Waals surface area contributed by atoms with Gasteiger partial charge in [0.2, 0.25) is 5.95 Å². The molecule has 0 amide bonds. The van der Waals surface area contributed by atoms with Gasteiger partial charge in [0.25, 0.3) is 0 Å². The molecule has 6 nitrogen and oxygen atoms in total. The Morgan fingerprint density at radius 2 is 2.30 bits per heavy atom. The first-order valence-corrected chi connectivity index (χ1v) is 5.78. The molecule has 1 saturated heterocycles. The van der Waals surface area contributed by atoms with Gasteiger partial charge in [-0.1, -0.05) is 0 Å². The molecule has 0 aromatic carbocycles. The summed E-state index contributed by atoms with van der Waals surface area (Å²) in [6, 6.07) is -0.139. The molecule has 0 bridgehead atoms. The van der Waals surface area contributed by atoms with Crippen molar-refractivity contribution in [3.63, 3.8) is 0 Å². The molecule has 1 fully saturated rings. The number of ether oxygens (including phenoxy) is 2. The Kier molecular flexibility index (Phi) is 4.07. The van der Waals surface area contributed by atoms with Gasteiger partial charge in [0.15, 0.2) is 5.69 Å². The zero-order valence-corrected chi connectivity index (χ0v) is 10.5. The quantitative estimate of drug-likeness (QED) is 0.850. The molecule has 9 heteroatoms. The number of methoxy groups -OCH3 is 1. The lowest BCUT2D eigenvalue weighted by Crippen LogP contribution is -2.23. The first-order valence-electron chi connectivity index (χ1n) is 5.78. The molecule has 0 unspecified atom stereocenters. The summed E-state index contributed by atoms with van der Waals surface area (Å²) in [6.45, 7) is 0.910. The molecule has 2 rings (SSSR count). The fourth-order valence-electron chi connectivity index (χ4n) is 1.76. The maximum atomic E-state index is 12.9. The van der Waals surface area contributed by atoms with Gasteiger partial charge in [-0.2, -0.15) is 13.2 Å². The molecule has 0 saturated carbocycles. The second-order valence-corrected chi connectivity index (χ2v) is 4.15. The number of nitrogens with one attached hydrogen (secondary N) is 1. The predicted molar refractivity (Wildman–Crippen MR) is 61.2 cm³/mol. The van der Waals surface area contributed by atoms with Gasteiger partial charge in [-0.3, -0.25) is 0 Å². The molecule has 1 aliphatic heterocycles. The summed E-state index contributed by atoms with van der Waals surface area (Å²) in [5.41, 5.74) is -2.03. The van der Waals surface area contributed by atoms with Crippen molar-refractivity contribution in [2.24, 2.45) is 0 Å². The van der Waals surface area contributed by atoms with E-state index in [-0.39, 0.29) is 12.0 Å². The smallest absolute Gasteiger partial charge is 0.434 e. The minimum absolute atomic E-state index is 0.139. The molecule has 1 atom stereocenters. The summed E-state index contributed by atoms with van der Waals surface area (Å²) in [4.78, 5) is 18.4. The number of carbonyl (C=O) groups is 1. The van der Waals surface area contributed by atoms with E-state index in [0.717, 1.165) is 13.3 Å². The van der Waals surface area contributed by atoms with Crippen molar-refractivity contribution in [3.8, 4) is 0 Å². The number of nitrogens with zero attached hydrogens (tertiary/aromatic N) is 2. The molecule has 1 aromatic rings. The minimum atomic E-state index is -4.77. The molecule has 20 heavy (non-hydrogen) atoms. The third-order valence-corrected chi connectivity index (χ3v) is 2.73. The van der Waals surface area contributed by atoms with Crippen molar-refractivity contribution < 1.29 is 27.4 Å². The highest BCUT2D eigenvalue weighted by molar-refractivity contribution is 5.90. The van der Waals surface area contributed by atoms with E-state index >= 15 is 0 Å². The lowest BCUT2D eigenvalue weighted by molar-refractivity contribution is -0.141. The summed E-state index contributed by atoms with van der Waals surface area (Å²) >= 11 is 0. The van der Waals surface area contributed by atoms with E-state index in [4.69, 9.17) is 4.74 Å². The van der Waals surface area contributed by atoms with E-state index in [1.165, 1.54) is 0 Å². The number of aromatic nitrogens is 2. The van der Waals surface area contributed by atoms with Gasteiger partial charge in [0, 0.05) is 12.8 Å². The third kappa shape index (κ3) is 3.16. The van der Waals surface area contributed by atoms with Gasteiger partial charge in [0.1, 0.15) is 5.56 Å². The van der Waals surface area contributed by atoms with Crippen LogP contribution >= 0.6 is 0 Å². The van der Waals surface area contributed by atoms with Crippen molar-refractivity contribution in [3.05, 3.63) is 17.5 Å². The fraction of sp³-hybridized carbons (Fsp3) is 0.545. The normalized spacial score (nSPS) is 18.9. The van der Waals surface area contributed by atoms with E-state index in [1.807, 2.05) is 0 Å². The van der Waals surface area contributed by atoms with Crippen LogP contribution in [-0.4, -0.2) is 42.3 Å². The van der Waals surface area contributed by atoms with Crippen molar-refractivity contribution >= 4 is 11.9 Å². The van der Waals surface area contributed by atoms with E-state index in [9.17, 15) is 18.0 Å². The number of rotatable bonds is 3. The topological polar surface area (TPSA) is 73.3 Å². The van der Waals surface area contributed by atoms with Crippen LogP contribution in [0.5, 0.6) is 0 Å². The number of halogens is 3. The Morgan fingerprint density at radius 3 is 2.85 bits per heavy atom. The molecule has 1 aromatic heterocycles. The number of hydrogen-bond donors (Lipinski definition) is 1. The fourth-order valence-corrected chi connectivity index (χ4v) is 1.76. The highest BCUT2D eigenvalue weighted by Gasteiger charge is 2.38. The van der Waals surface area contributed by atoms with Crippen molar-refractivity contribution in [2.75, 3.05) is 25.6 Å². The number of esters is 1. The molecular weight excluding hydrogens is 279 g/mol. The summed E-state index contributed by atoms with van der Waals surface area (Å²) in [6.07, 6.45) is -3.31. The van der Waals surface area contributed by atoms with Crippen LogP contribution < -0.4 is 5.32 Å². The van der Waals surface area contributed by atoms with Crippen molar-refractivity contribution in [1.82, 2.24) is 9.97 Å². The molecule has 1 N–H and O–H groups in total. The van der Waals surface area contributed by atoms with Crippen LogP contribution in [0.4, 0.5) is 19.1 Å². The maximum absolute atomic E-state index is 12.9. The Morgan fingerprint density at radius 1 is 1.55 bits per heavy atom. The summed E-state index contributed by atoms with van der Waals surface area (Å²) in [7, 11) is 0.991. The van der Waals surface area contributed by atoms with Crippen LogP contribution in [0.25, 0.3) is 0 Å². The SMILES string of the molecule is COC(=O)c1cnc(N[C@H]2CCOC2)nc1C(F)(F)F. The summed E-state index contributed by atoms with van der Waals surface area (Å²) in [5.74, 6) is -1.33. The molecule has 0 radical (unpaired) electrons. The van der Waals surface area contributed by atoms with Crippen LogP contribution in [-0.2, 0) is 15.7 Å². The van der Waals surface area contributed by atoms with Gasteiger partial charge in [0.05, 0.1) is 19.8 Å². The first-order chi connectivity index (χ1) is 9.41. The molecule has 0 spiro atoms. The zero-order valence-electron chi connectivity index (χ0n) is 10.5. The van der Waals surface area contributed by atoms with E-state index in [1.54, 1.807) is 0 Å². The summed E-state index contributed by atoms with van der Waals surface area (Å²) in [5, 5.41) is 2.74. The van der Waals surface area contributed by atoms with Crippen molar-refractivity contribution in [1.29, 1.82) is 0 Å². The molecule has 2 heterocycles. The van der Waals surface area contributed by atoms with Crippen LogP contribution in [0, 0.1) is 0 Å². The predicted octanol–water partition coefficient (Wildman–Crippen LogP) is 1.48. The summed E-state index contributed by atoms with van der Waals surface area (Å²) < 4.78 is 48.0. The zero-order chi connectivity index (χ0) is 14.8. The second-order valence-electron chi connectivity index (χ2n) is 4.15. The standard InChI is InChI=1S/C11H12F3N3O3/c1-19-9(18)7-4-15-10(16-6-2-3-20-5-6)17-8(7)11(12,13)14/h4,6H,2-3,5H2,1H3,(H,15,16,17)/t6-/m0/s1. The highest BCUT2D eigenvalue weighted by atomic mass is 19.4. The Labute approximate surface area is 112 Å². The second kappa shape index (κ2) is 5.61. The van der Waals surface area contributed by atoms with E-state index in [2.05, 4.69) is 20.0 Å². The average molecular weight is 291 g/mol. The number of hydrogen-bond acceptors (Lipinski definition) is 6. The molecule has 1 aliphatic rings. The van der Waals surface area contributed by atoms with Crippen molar-refractivity contribution in [2.45, 2.75) is 18.6 Å². The molecule has 110 valence electrons. The molecular formula is C11H12F3N3O3. The van der Waals surface area contributed by atoms with Gasteiger partial charge >= 0.3 is 12.1 Å². The van der Waals surface area contributed by atoms with E-state index < -0.39 is 23.4 Å². The van der Waals surface area contributed by atoms with Crippen LogP contribution in [0.2, 0.25) is 0 Å². The largest absolute Gasteiger partial charge is 0.465 e. The van der Waals surface area contributed by atoms with Gasteiger partial charge < -0.3 is 14.8 Å². The maximum Gasteiger partial charge on any atom is 0.434 e. The van der Waals surface area contributed by atoms with Crippen LogP contribution in [0.15, 0.2) is 6.20 Å². The Balaban J connectivity index is 2.30. The minimum Gasteiger partial charge on any atom is -0.465 e. The van der Waals surface area contributed by atoms with Gasteiger partial charge in [-0.15, -0.1) is 0 Å². The third-order valence-electron chi connectivity index (χ3n) is 2.73. The van der Waals surface area contributed by atoms with Crippen LogP contribution in [0.1, 0.15) is 22.5 Å². The lowest BCUT2D eigenvalue weighted by Gasteiger charge is -2.14. The first kappa shape index (κ1) is 14.5. The van der Waals surface area contributed by atoms with Gasteiger partial charge in [-0.25, -0.2) is 14.8 Å². The monoisotopic (exact) mass is 291 g/mol.